The predicted molar refractivity (Wildman–Crippen MR) is 79.7 cm³/mol. The van der Waals surface area contributed by atoms with Crippen LogP contribution in [0.4, 0.5) is 0 Å². The van der Waals surface area contributed by atoms with Crippen LogP contribution in [0.2, 0.25) is 0 Å². The molecule has 0 unspecified atom stereocenters. The van der Waals surface area contributed by atoms with Crippen molar-refractivity contribution < 1.29 is 8.42 Å². The first kappa shape index (κ1) is 15.2. The molecule has 9 heteroatoms. The molecule has 2 aromatic rings. The molecular weight excluding hydrogens is 304 g/mol. The third-order valence-electron chi connectivity index (χ3n) is 3.96. The average molecular weight is 324 g/mol. The average Bonchev–Trinajstić information content (AvgIpc) is 3.19. The lowest BCUT2D eigenvalue weighted by Crippen LogP contribution is -2.39. The minimum Gasteiger partial charge on any atom is -0.334 e. The van der Waals surface area contributed by atoms with Crippen LogP contribution in [0.1, 0.15) is 38.8 Å². The monoisotopic (exact) mass is 324 g/mol. The van der Waals surface area contributed by atoms with E-state index >= 15 is 0 Å². The number of rotatable bonds is 4. The van der Waals surface area contributed by atoms with E-state index in [0.717, 1.165) is 0 Å². The van der Waals surface area contributed by atoms with Crippen LogP contribution in [0, 0.1) is 0 Å². The first-order chi connectivity index (χ1) is 10.5. The molecule has 1 fully saturated rings. The maximum Gasteiger partial charge on any atom is 0.262 e. The topological polar surface area (TPSA) is 85.9 Å². The SMILES string of the molecule is CC(C)n1cnc(S(=O)(=O)N2CCC(n3nccn3)CC2)c1. The molecule has 0 atom stereocenters. The van der Waals surface area contributed by atoms with Crippen LogP contribution in [0.3, 0.4) is 0 Å². The van der Waals surface area contributed by atoms with Crippen molar-refractivity contribution in [3.63, 3.8) is 0 Å². The van der Waals surface area contributed by atoms with Crippen molar-refractivity contribution >= 4 is 10.0 Å². The summed E-state index contributed by atoms with van der Waals surface area (Å²) in [4.78, 5) is 5.72. The molecule has 0 aromatic carbocycles. The van der Waals surface area contributed by atoms with E-state index in [0.29, 0.717) is 25.9 Å². The minimum atomic E-state index is -3.52. The van der Waals surface area contributed by atoms with Crippen molar-refractivity contribution in [2.24, 2.45) is 0 Å². The highest BCUT2D eigenvalue weighted by molar-refractivity contribution is 7.89. The van der Waals surface area contributed by atoms with E-state index in [9.17, 15) is 8.42 Å². The molecule has 0 bridgehead atoms. The van der Waals surface area contributed by atoms with Gasteiger partial charge in [0.05, 0.1) is 24.8 Å². The number of hydrogen-bond donors (Lipinski definition) is 0. The zero-order valence-electron chi connectivity index (χ0n) is 12.7. The number of piperidine rings is 1. The van der Waals surface area contributed by atoms with Crippen molar-refractivity contribution in [2.75, 3.05) is 13.1 Å². The Morgan fingerprint density at radius 3 is 2.36 bits per heavy atom. The largest absolute Gasteiger partial charge is 0.334 e. The molecule has 1 saturated heterocycles. The Morgan fingerprint density at radius 1 is 1.18 bits per heavy atom. The Morgan fingerprint density at radius 2 is 1.82 bits per heavy atom. The lowest BCUT2D eigenvalue weighted by Gasteiger charge is -2.29. The van der Waals surface area contributed by atoms with E-state index < -0.39 is 10.0 Å². The summed E-state index contributed by atoms with van der Waals surface area (Å²) in [6, 6.07) is 0.350. The first-order valence-corrected chi connectivity index (χ1v) is 8.82. The standard InChI is InChI=1S/C13H20N6O2S/c1-11(2)17-9-13(14-10-17)22(20,21)18-7-3-12(4-8-18)19-15-5-6-16-19/h5-6,9-12H,3-4,7-8H2,1-2H3. The molecule has 0 spiro atoms. The summed E-state index contributed by atoms with van der Waals surface area (Å²) < 4.78 is 28.6. The molecule has 0 saturated carbocycles. The molecule has 8 nitrogen and oxygen atoms in total. The lowest BCUT2D eigenvalue weighted by atomic mass is 10.1. The summed E-state index contributed by atoms with van der Waals surface area (Å²) in [7, 11) is -3.52. The quantitative estimate of drug-likeness (QED) is 0.840. The Balaban J connectivity index is 1.71. The second-order valence-corrected chi connectivity index (χ2v) is 7.62. The van der Waals surface area contributed by atoms with E-state index in [1.807, 2.05) is 13.8 Å². The normalized spacial score (nSPS) is 18.1. The van der Waals surface area contributed by atoms with Crippen molar-refractivity contribution in [3.8, 4) is 0 Å². The van der Waals surface area contributed by atoms with E-state index in [1.54, 1.807) is 34.3 Å². The van der Waals surface area contributed by atoms with Crippen LogP contribution in [0.25, 0.3) is 0 Å². The van der Waals surface area contributed by atoms with Crippen LogP contribution < -0.4 is 0 Å². The summed E-state index contributed by atoms with van der Waals surface area (Å²) in [5.41, 5.74) is 0. The van der Waals surface area contributed by atoms with Gasteiger partial charge in [0.25, 0.3) is 10.0 Å². The maximum atomic E-state index is 12.6. The number of imidazole rings is 1. The molecule has 0 N–H and O–H groups in total. The molecule has 1 aliphatic heterocycles. The minimum absolute atomic E-state index is 0.122. The highest BCUT2D eigenvalue weighted by Crippen LogP contribution is 2.25. The van der Waals surface area contributed by atoms with Crippen molar-refractivity contribution in [1.82, 2.24) is 28.9 Å². The van der Waals surface area contributed by atoms with Gasteiger partial charge >= 0.3 is 0 Å². The van der Waals surface area contributed by atoms with E-state index in [2.05, 4.69) is 15.2 Å². The molecule has 0 radical (unpaired) electrons. The van der Waals surface area contributed by atoms with Crippen LogP contribution in [0.15, 0.2) is 29.9 Å². The van der Waals surface area contributed by atoms with Gasteiger partial charge in [0.1, 0.15) is 0 Å². The molecule has 3 heterocycles. The number of nitrogens with zero attached hydrogens (tertiary/aromatic N) is 6. The molecule has 0 amide bonds. The summed E-state index contributed by atoms with van der Waals surface area (Å²) in [6.07, 6.45) is 7.86. The molecule has 3 rings (SSSR count). The van der Waals surface area contributed by atoms with Crippen LogP contribution >= 0.6 is 0 Å². The van der Waals surface area contributed by atoms with E-state index in [-0.39, 0.29) is 17.1 Å². The van der Waals surface area contributed by atoms with Gasteiger partial charge in [-0.05, 0) is 26.7 Å². The van der Waals surface area contributed by atoms with Crippen molar-refractivity contribution in [3.05, 3.63) is 24.9 Å². The maximum absolute atomic E-state index is 12.6. The van der Waals surface area contributed by atoms with Gasteiger partial charge in [-0.1, -0.05) is 0 Å². The summed E-state index contributed by atoms with van der Waals surface area (Å²) in [6.45, 7) is 4.90. The molecule has 22 heavy (non-hydrogen) atoms. The van der Waals surface area contributed by atoms with Crippen molar-refractivity contribution in [2.45, 2.75) is 43.8 Å². The van der Waals surface area contributed by atoms with Gasteiger partial charge in [-0.15, -0.1) is 0 Å². The number of aromatic nitrogens is 5. The Bertz CT molecular complexity index is 714. The van der Waals surface area contributed by atoms with Gasteiger partial charge in [-0.25, -0.2) is 13.4 Å². The van der Waals surface area contributed by atoms with Crippen LogP contribution in [0.5, 0.6) is 0 Å². The summed E-state index contributed by atoms with van der Waals surface area (Å²) in [5, 5.41) is 8.38. The summed E-state index contributed by atoms with van der Waals surface area (Å²) >= 11 is 0. The van der Waals surface area contributed by atoms with Gasteiger partial charge < -0.3 is 4.57 Å². The second-order valence-electron chi connectivity index (χ2n) is 5.74. The third kappa shape index (κ3) is 2.78. The zero-order valence-corrected chi connectivity index (χ0v) is 13.5. The Labute approximate surface area is 129 Å². The summed E-state index contributed by atoms with van der Waals surface area (Å²) in [5.74, 6) is 0. The Kier molecular flexibility index (Phi) is 4.00. The van der Waals surface area contributed by atoms with E-state index in [1.165, 1.54) is 4.31 Å². The second kappa shape index (κ2) is 5.81. The lowest BCUT2D eigenvalue weighted by molar-refractivity contribution is 0.244. The molecule has 120 valence electrons. The fourth-order valence-corrected chi connectivity index (χ4v) is 3.99. The molecule has 0 aliphatic carbocycles. The predicted octanol–water partition coefficient (Wildman–Crippen LogP) is 1.08. The van der Waals surface area contributed by atoms with Crippen LogP contribution in [-0.2, 0) is 10.0 Å². The highest BCUT2D eigenvalue weighted by atomic mass is 32.2. The Hall–Kier alpha value is -1.74. The van der Waals surface area contributed by atoms with Gasteiger partial charge in [0, 0.05) is 25.3 Å². The molecule has 2 aromatic heterocycles. The van der Waals surface area contributed by atoms with Gasteiger partial charge in [-0.3, -0.25) is 0 Å². The first-order valence-electron chi connectivity index (χ1n) is 7.38. The smallest absolute Gasteiger partial charge is 0.262 e. The third-order valence-corrected chi connectivity index (χ3v) is 5.75. The fourth-order valence-electron chi connectivity index (χ4n) is 2.59. The fraction of sp³-hybridized carbons (Fsp3) is 0.615. The van der Waals surface area contributed by atoms with Crippen LogP contribution in [-0.4, -0.2) is 50.4 Å². The number of hydrogen-bond acceptors (Lipinski definition) is 5. The van der Waals surface area contributed by atoms with Crippen molar-refractivity contribution in [1.29, 1.82) is 0 Å². The number of sulfonamides is 1. The van der Waals surface area contributed by atoms with Gasteiger partial charge in [-0.2, -0.15) is 19.3 Å². The molecular formula is C13H20N6O2S. The molecule has 1 aliphatic rings. The van der Waals surface area contributed by atoms with Gasteiger partial charge in [0.2, 0.25) is 0 Å². The highest BCUT2D eigenvalue weighted by Gasteiger charge is 2.32. The van der Waals surface area contributed by atoms with Gasteiger partial charge in [0.15, 0.2) is 5.03 Å². The van der Waals surface area contributed by atoms with E-state index in [4.69, 9.17) is 0 Å². The zero-order chi connectivity index (χ0) is 15.7.